The topological polar surface area (TPSA) is 38.0 Å². The summed E-state index contributed by atoms with van der Waals surface area (Å²) in [5.74, 6) is 0.871. The molecule has 0 unspecified atom stereocenters. The van der Waals surface area contributed by atoms with Crippen molar-refractivity contribution in [3.8, 4) is 0 Å². The molecule has 1 fully saturated rings. The zero-order valence-electron chi connectivity index (χ0n) is 11.6. The van der Waals surface area contributed by atoms with Crippen LogP contribution >= 0.6 is 0 Å². The first-order valence-corrected chi connectivity index (χ1v) is 6.88. The van der Waals surface area contributed by atoms with E-state index in [0.29, 0.717) is 5.41 Å². The Bertz CT molecular complexity index is 197. The van der Waals surface area contributed by atoms with Crippen LogP contribution in [0.5, 0.6) is 0 Å². The second-order valence-electron chi connectivity index (χ2n) is 6.55. The SMILES string of the molecule is CCCNC1(CN)CCC(C(C)(C)C)CC1. The maximum absolute atomic E-state index is 5.97. The quantitative estimate of drug-likeness (QED) is 0.773. The van der Waals surface area contributed by atoms with E-state index in [2.05, 4.69) is 33.0 Å². The molecule has 96 valence electrons. The van der Waals surface area contributed by atoms with Gasteiger partial charge in [-0.25, -0.2) is 0 Å². The highest BCUT2D eigenvalue weighted by Crippen LogP contribution is 2.41. The largest absolute Gasteiger partial charge is 0.329 e. The van der Waals surface area contributed by atoms with Gasteiger partial charge in [-0.1, -0.05) is 27.7 Å². The van der Waals surface area contributed by atoms with E-state index in [-0.39, 0.29) is 5.54 Å². The monoisotopic (exact) mass is 226 g/mol. The highest BCUT2D eigenvalue weighted by Gasteiger charge is 2.37. The van der Waals surface area contributed by atoms with Crippen molar-refractivity contribution in [2.75, 3.05) is 13.1 Å². The zero-order valence-corrected chi connectivity index (χ0v) is 11.6. The molecule has 1 aliphatic carbocycles. The van der Waals surface area contributed by atoms with Crippen molar-refractivity contribution >= 4 is 0 Å². The lowest BCUT2D eigenvalue weighted by Gasteiger charge is -2.44. The second kappa shape index (κ2) is 5.50. The van der Waals surface area contributed by atoms with Crippen LogP contribution in [0.3, 0.4) is 0 Å². The van der Waals surface area contributed by atoms with Crippen LogP contribution in [0.1, 0.15) is 59.8 Å². The summed E-state index contributed by atoms with van der Waals surface area (Å²) in [4.78, 5) is 0. The van der Waals surface area contributed by atoms with Gasteiger partial charge < -0.3 is 11.1 Å². The summed E-state index contributed by atoms with van der Waals surface area (Å²) in [5, 5.41) is 3.68. The highest BCUT2D eigenvalue weighted by molar-refractivity contribution is 4.95. The Balaban J connectivity index is 2.50. The van der Waals surface area contributed by atoms with E-state index in [4.69, 9.17) is 5.73 Å². The van der Waals surface area contributed by atoms with Gasteiger partial charge in [0.1, 0.15) is 0 Å². The summed E-state index contributed by atoms with van der Waals surface area (Å²) >= 11 is 0. The smallest absolute Gasteiger partial charge is 0.0304 e. The van der Waals surface area contributed by atoms with Crippen molar-refractivity contribution < 1.29 is 0 Å². The van der Waals surface area contributed by atoms with Crippen molar-refractivity contribution in [2.45, 2.75) is 65.3 Å². The van der Waals surface area contributed by atoms with Crippen LogP contribution in [-0.2, 0) is 0 Å². The minimum Gasteiger partial charge on any atom is -0.329 e. The van der Waals surface area contributed by atoms with E-state index >= 15 is 0 Å². The maximum atomic E-state index is 5.97. The average molecular weight is 226 g/mol. The fourth-order valence-corrected chi connectivity index (χ4v) is 2.88. The normalized spacial score (nSPS) is 31.7. The van der Waals surface area contributed by atoms with Gasteiger partial charge in [0, 0.05) is 12.1 Å². The van der Waals surface area contributed by atoms with Crippen LogP contribution in [0.4, 0.5) is 0 Å². The molecule has 0 atom stereocenters. The van der Waals surface area contributed by atoms with Gasteiger partial charge in [-0.05, 0) is 50.0 Å². The van der Waals surface area contributed by atoms with Crippen molar-refractivity contribution in [2.24, 2.45) is 17.1 Å². The van der Waals surface area contributed by atoms with E-state index in [0.717, 1.165) is 19.0 Å². The number of nitrogens with two attached hydrogens (primary N) is 1. The van der Waals surface area contributed by atoms with Crippen LogP contribution in [0, 0.1) is 11.3 Å². The molecular formula is C14H30N2. The third-order valence-corrected chi connectivity index (χ3v) is 4.31. The summed E-state index contributed by atoms with van der Waals surface area (Å²) in [6, 6.07) is 0. The van der Waals surface area contributed by atoms with Crippen LogP contribution in [0.2, 0.25) is 0 Å². The van der Waals surface area contributed by atoms with Crippen molar-refractivity contribution in [1.82, 2.24) is 5.32 Å². The van der Waals surface area contributed by atoms with Crippen LogP contribution < -0.4 is 11.1 Å². The Morgan fingerprint density at radius 2 is 1.81 bits per heavy atom. The predicted molar refractivity (Wildman–Crippen MR) is 71.5 cm³/mol. The Morgan fingerprint density at radius 1 is 1.25 bits per heavy atom. The molecule has 0 aromatic rings. The van der Waals surface area contributed by atoms with Crippen molar-refractivity contribution in [3.63, 3.8) is 0 Å². The third-order valence-electron chi connectivity index (χ3n) is 4.31. The molecule has 0 amide bonds. The van der Waals surface area contributed by atoms with E-state index in [1.807, 2.05) is 0 Å². The lowest BCUT2D eigenvalue weighted by molar-refractivity contribution is 0.118. The van der Waals surface area contributed by atoms with Gasteiger partial charge in [0.05, 0.1) is 0 Å². The highest BCUT2D eigenvalue weighted by atomic mass is 15.0. The lowest BCUT2D eigenvalue weighted by atomic mass is 9.67. The van der Waals surface area contributed by atoms with Crippen molar-refractivity contribution in [3.05, 3.63) is 0 Å². The Morgan fingerprint density at radius 3 is 2.19 bits per heavy atom. The van der Waals surface area contributed by atoms with Crippen molar-refractivity contribution in [1.29, 1.82) is 0 Å². The number of nitrogens with one attached hydrogen (secondary N) is 1. The summed E-state index contributed by atoms with van der Waals surface area (Å²) in [5.41, 5.74) is 6.68. The fraction of sp³-hybridized carbons (Fsp3) is 1.00. The maximum Gasteiger partial charge on any atom is 0.0304 e. The van der Waals surface area contributed by atoms with Crippen LogP contribution in [0.15, 0.2) is 0 Å². The number of hydrogen-bond donors (Lipinski definition) is 2. The molecule has 3 N–H and O–H groups in total. The summed E-state index contributed by atoms with van der Waals surface area (Å²) in [7, 11) is 0. The molecule has 2 heteroatoms. The van der Waals surface area contributed by atoms with E-state index in [1.54, 1.807) is 0 Å². The molecule has 1 saturated carbocycles. The average Bonchev–Trinajstić information content (AvgIpc) is 2.26. The van der Waals surface area contributed by atoms with Crippen LogP contribution in [0.25, 0.3) is 0 Å². The molecule has 1 aliphatic rings. The molecule has 0 aromatic carbocycles. The molecule has 1 rings (SSSR count). The van der Waals surface area contributed by atoms with Gasteiger partial charge in [-0.15, -0.1) is 0 Å². The first kappa shape index (κ1) is 14.0. The first-order valence-electron chi connectivity index (χ1n) is 6.88. The molecule has 0 aliphatic heterocycles. The molecule has 16 heavy (non-hydrogen) atoms. The minimum absolute atomic E-state index is 0.248. The van der Waals surface area contributed by atoms with Gasteiger partial charge in [0.2, 0.25) is 0 Å². The Hall–Kier alpha value is -0.0800. The summed E-state index contributed by atoms with van der Waals surface area (Å²) in [6.45, 7) is 11.2. The molecule has 0 saturated heterocycles. The molecule has 0 spiro atoms. The van der Waals surface area contributed by atoms with E-state index < -0.39 is 0 Å². The molecule has 0 radical (unpaired) electrons. The van der Waals surface area contributed by atoms with Gasteiger partial charge in [0.15, 0.2) is 0 Å². The van der Waals surface area contributed by atoms with E-state index in [9.17, 15) is 0 Å². The zero-order chi connectivity index (χ0) is 12.2. The van der Waals surface area contributed by atoms with E-state index in [1.165, 1.54) is 32.1 Å². The van der Waals surface area contributed by atoms with Gasteiger partial charge >= 0.3 is 0 Å². The standard InChI is InChI=1S/C14H30N2/c1-5-10-16-14(11-15)8-6-12(7-9-14)13(2,3)4/h12,16H,5-11,15H2,1-4H3. The molecule has 0 aromatic heterocycles. The van der Waals surface area contributed by atoms with Gasteiger partial charge in [-0.2, -0.15) is 0 Å². The first-order chi connectivity index (χ1) is 7.43. The third kappa shape index (κ3) is 3.46. The minimum atomic E-state index is 0.248. The van der Waals surface area contributed by atoms with Gasteiger partial charge in [0.25, 0.3) is 0 Å². The van der Waals surface area contributed by atoms with Gasteiger partial charge in [-0.3, -0.25) is 0 Å². The summed E-state index contributed by atoms with van der Waals surface area (Å²) < 4.78 is 0. The van der Waals surface area contributed by atoms with Crippen LogP contribution in [-0.4, -0.2) is 18.6 Å². The molecular weight excluding hydrogens is 196 g/mol. The lowest BCUT2D eigenvalue weighted by Crippen LogP contribution is -2.54. The molecule has 2 nitrogen and oxygen atoms in total. The predicted octanol–water partition coefficient (Wildman–Crippen LogP) is 2.92. The fourth-order valence-electron chi connectivity index (χ4n) is 2.88. The second-order valence-corrected chi connectivity index (χ2v) is 6.55. The Kier molecular flexibility index (Phi) is 4.81. The Labute approximate surface area is 101 Å². The summed E-state index contributed by atoms with van der Waals surface area (Å²) in [6.07, 6.45) is 6.37. The number of hydrogen-bond acceptors (Lipinski definition) is 2. The molecule has 0 bridgehead atoms. The number of rotatable bonds is 4. The molecule has 0 heterocycles.